The van der Waals surface area contributed by atoms with Gasteiger partial charge in [0, 0.05) is 20.1 Å². The monoisotopic (exact) mass is 220 g/mol. The molecule has 0 saturated carbocycles. The summed E-state index contributed by atoms with van der Waals surface area (Å²) in [6, 6.07) is 0. The van der Waals surface area contributed by atoms with Crippen LogP contribution < -0.4 is 5.32 Å². The first-order chi connectivity index (χ1) is 7.81. The van der Waals surface area contributed by atoms with Gasteiger partial charge < -0.3 is 5.32 Å². The molecule has 1 saturated heterocycles. The second-order valence-corrected chi connectivity index (χ2v) is 4.44. The van der Waals surface area contributed by atoms with Crippen LogP contribution in [0.3, 0.4) is 0 Å². The number of likely N-dealkylation sites (tertiary alicyclic amines) is 1. The molecule has 16 heavy (non-hydrogen) atoms. The van der Waals surface area contributed by atoms with E-state index in [2.05, 4.69) is 27.1 Å². The summed E-state index contributed by atoms with van der Waals surface area (Å²) in [4.78, 5) is 11.1. The summed E-state index contributed by atoms with van der Waals surface area (Å²) in [5.74, 6) is 1.71. The van der Waals surface area contributed by atoms with Gasteiger partial charge in [-0.1, -0.05) is 13.3 Å². The van der Waals surface area contributed by atoms with Crippen molar-refractivity contribution in [3.63, 3.8) is 0 Å². The molecule has 1 aromatic rings. The molecule has 0 bridgehead atoms. The lowest BCUT2D eigenvalue weighted by Gasteiger charge is -2.14. The normalized spacial score (nSPS) is 21.2. The number of nitrogens with zero attached hydrogens (tertiary/aromatic N) is 3. The zero-order valence-corrected chi connectivity index (χ0v) is 10.1. The number of hydrogen-bond acceptors (Lipinski definition) is 4. The smallest absolute Gasteiger partial charge is 0.144 e. The van der Waals surface area contributed by atoms with Gasteiger partial charge in [-0.05, 0) is 18.9 Å². The molecule has 1 aliphatic rings. The molecule has 0 spiro atoms. The van der Waals surface area contributed by atoms with Crippen molar-refractivity contribution >= 4 is 5.82 Å². The molecule has 1 fully saturated rings. The molecule has 88 valence electrons. The van der Waals surface area contributed by atoms with Gasteiger partial charge in [0.15, 0.2) is 0 Å². The van der Waals surface area contributed by atoms with E-state index in [-0.39, 0.29) is 0 Å². The summed E-state index contributed by atoms with van der Waals surface area (Å²) in [5.41, 5.74) is 1.07. The van der Waals surface area contributed by atoms with E-state index in [4.69, 9.17) is 0 Å². The van der Waals surface area contributed by atoms with Crippen LogP contribution in [0.5, 0.6) is 0 Å². The highest BCUT2D eigenvalue weighted by Crippen LogP contribution is 2.20. The summed E-state index contributed by atoms with van der Waals surface area (Å²) in [6.07, 6.45) is 6.28. The van der Waals surface area contributed by atoms with Crippen LogP contribution in [-0.4, -0.2) is 35.0 Å². The zero-order valence-electron chi connectivity index (χ0n) is 10.1. The Balaban J connectivity index is 1.89. The molecular formula is C12H20N4. The molecule has 2 heterocycles. The van der Waals surface area contributed by atoms with Gasteiger partial charge in [0.25, 0.3) is 0 Å². The maximum Gasteiger partial charge on any atom is 0.144 e. The fourth-order valence-corrected chi connectivity index (χ4v) is 2.18. The van der Waals surface area contributed by atoms with Crippen molar-refractivity contribution < 1.29 is 0 Å². The predicted octanol–water partition coefficient (Wildman–Crippen LogP) is 1.75. The van der Waals surface area contributed by atoms with E-state index < -0.39 is 0 Å². The molecule has 0 aromatic carbocycles. The molecule has 1 aliphatic heterocycles. The first kappa shape index (κ1) is 11.3. The highest BCUT2D eigenvalue weighted by atomic mass is 15.2. The minimum absolute atomic E-state index is 0.830. The first-order valence-corrected chi connectivity index (χ1v) is 6.03. The minimum atomic E-state index is 0.830. The van der Waals surface area contributed by atoms with Crippen molar-refractivity contribution in [2.45, 2.75) is 26.3 Å². The highest BCUT2D eigenvalue weighted by molar-refractivity contribution is 5.29. The molecule has 0 aliphatic carbocycles. The van der Waals surface area contributed by atoms with Crippen molar-refractivity contribution in [3.05, 3.63) is 18.1 Å². The number of aromatic nitrogens is 2. The molecular weight excluding hydrogens is 200 g/mol. The maximum absolute atomic E-state index is 4.40. The molecule has 0 radical (unpaired) electrons. The van der Waals surface area contributed by atoms with Gasteiger partial charge >= 0.3 is 0 Å². The lowest BCUT2D eigenvalue weighted by atomic mass is 10.1. The van der Waals surface area contributed by atoms with Gasteiger partial charge in [-0.2, -0.15) is 0 Å². The fraction of sp³-hybridized carbons (Fsp3) is 0.667. The second kappa shape index (κ2) is 5.25. The van der Waals surface area contributed by atoms with E-state index in [1.165, 1.54) is 25.9 Å². The average Bonchev–Trinajstić information content (AvgIpc) is 2.78. The summed E-state index contributed by atoms with van der Waals surface area (Å²) < 4.78 is 0. The molecule has 1 aromatic heterocycles. The van der Waals surface area contributed by atoms with E-state index in [1.807, 2.05) is 13.2 Å². The summed E-state index contributed by atoms with van der Waals surface area (Å²) in [5, 5.41) is 2.98. The quantitative estimate of drug-likeness (QED) is 0.839. The van der Waals surface area contributed by atoms with Crippen LogP contribution in [0.15, 0.2) is 12.4 Å². The number of anilines is 1. The molecule has 4 heteroatoms. The first-order valence-electron chi connectivity index (χ1n) is 6.03. The summed E-state index contributed by atoms with van der Waals surface area (Å²) in [7, 11) is 1.86. The van der Waals surface area contributed by atoms with E-state index in [0.717, 1.165) is 24.0 Å². The maximum atomic E-state index is 4.40. The van der Waals surface area contributed by atoms with E-state index >= 15 is 0 Å². The fourth-order valence-electron chi connectivity index (χ4n) is 2.18. The Hall–Kier alpha value is -1.16. The van der Waals surface area contributed by atoms with E-state index in [9.17, 15) is 0 Å². The van der Waals surface area contributed by atoms with Gasteiger partial charge in [-0.25, -0.2) is 4.98 Å². The van der Waals surface area contributed by atoms with E-state index in [0.29, 0.717) is 0 Å². The Kier molecular flexibility index (Phi) is 3.72. The Bertz CT molecular complexity index is 322. The molecule has 2 rings (SSSR count). The third kappa shape index (κ3) is 2.70. The zero-order chi connectivity index (χ0) is 11.4. The minimum Gasteiger partial charge on any atom is -0.372 e. The standard InChI is InChI=1S/C12H20N4/c1-3-10-4-5-16(8-10)9-11-6-15-12(13-2)7-14-11/h6-7,10H,3-5,8-9H2,1-2H3,(H,13,15). The highest BCUT2D eigenvalue weighted by Gasteiger charge is 2.20. The Morgan fingerprint density at radius 2 is 2.31 bits per heavy atom. The molecule has 1 N–H and O–H groups in total. The lowest BCUT2D eigenvalue weighted by Crippen LogP contribution is -2.20. The van der Waals surface area contributed by atoms with Crippen molar-refractivity contribution in [1.29, 1.82) is 0 Å². The van der Waals surface area contributed by atoms with Gasteiger partial charge in [0.05, 0.1) is 18.1 Å². The van der Waals surface area contributed by atoms with Crippen molar-refractivity contribution in [2.24, 2.45) is 5.92 Å². The van der Waals surface area contributed by atoms with Crippen molar-refractivity contribution in [3.8, 4) is 0 Å². The topological polar surface area (TPSA) is 41.1 Å². The van der Waals surface area contributed by atoms with Crippen LogP contribution in [0, 0.1) is 5.92 Å². The summed E-state index contributed by atoms with van der Waals surface area (Å²) >= 11 is 0. The Morgan fingerprint density at radius 3 is 2.88 bits per heavy atom. The average molecular weight is 220 g/mol. The largest absolute Gasteiger partial charge is 0.372 e. The van der Waals surface area contributed by atoms with Gasteiger partial charge in [-0.3, -0.25) is 9.88 Å². The third-order valence-electron chi connectivity index (χ3n) is 3.29. The predicted molar refractivity (Wildman–Crippen MR) is 65.3 cm³/mol. The number of hydrogen-bond donors (Lipinski definition) is 1. The summed E-state index contributed by atoms with van der Waals surface area (Å²) in [6.45, 7) is 5.63. The van der Waals surface area contributed by atoms with Gasteiger partial charge in [-0.15, -0.1) is 0 Å². The lowest BCUT2D eigenvalue weighted by molar-refractivity contribution is 0.311. The van der Waals surface area contributed by atoms with E-state index in [1.54, 1.807) is 6.20 Å². The molecule has 4 nitrogen and oxygen atoms in total. The van der Waals surface area contributed by atoms with Crippen LogP contribution in [0.4, 0.5) is 5.82 Å². The third-order valence-corrected chi connectivity index (χ3v) is 3.29. The van der Waals surface area contributed by atoms with Crippen LogP contribution in [0.25, 0.3) is 0 Å². The number of nitrogens with one attached hydrogen (secondary N) is 1. The Labute approximate surface area is 97.1 Å². The van der Waals surface area contributed by atoms with Crippen LogP contribution in [0.2, 0.25) is 0 Å². The van der Waals surface area contributed by atoms with Crippen molar-refractivity contribution in [2.75, 3.05) is 25.5 Å². The van der Waals surface area contributed by atoms with Crippen LogP contribution in [-0.2, 0) is 6.54 Å². The van der Waals surface area contributed by atoms with Gasteiger partial charge in [0.1, 0.15) is 5.82 Å². The van der Waals surface area contributed by atoms with Gasteiger partial charge in [0.2, 0.25) is 0 Å². The SMILES string of the molecule is CCC1CCN(Cc2cnc(NC)cn2)C1. The van der Waals surface area contributed by atoms with Crippen LogP contribution in [0.1, 0.15) is 25.5 Å². The van der Waals surface area contributed by atoms with Crippen molar-refractivity contribution in [1.82, 2.24) is 14.9 Å². The molecule has 0 amide bonds. The second-order valence-electron chi connectivity index (χ2n) is 4.44. The Morgan fingerprint density at radius 1 is 1.44 bits per heavy atom. The molecule has 1 unspecified atom stereocenters. The van der Waals surface area contributed by atoms with Crippen LogP contribution >= 0.6 is 0 Å². The molecule has 1 atom stereocenters. The number of rotatable bonds is 4.